The van der Waals surface area contributed by atoms with E-state index in [4.69, 9.17) is 19.0 Å². The average Bonchev–Trinajstić information content (AvgIpc) is 2.30. The summed E-state index contributed by atoms with van der Waals surface area (Å²) in [6.45, 7) is 8.44. The zero-order valence-electron chi connectivity index (χ0n) is 11.1. The molecule has 0 aromatic heterocycles. The van der Waals surface area contributed by atoms with Gasteiger partial charge < -0.3 is 24.7 Å². The SMILES string of the molecule is CCO[Si](CCCN)(OCC)OCC.CN. The van der Waals surface area contributed by atoms with Crippen LogP contribution >= 0.6 is 0 Å². The average molecular weight is 252 g/mol. The molecule has 0 amide bonds. The summed E-state index contributed by atoms with van der Waals surface area (Å²) in [4.78, 5) is 0. The Kier molecular flexibility index (Phi) is 15.0. The molecule has 16 heavy (non-hydrogen) atoms. The summed E-state index contributed by atoms with van der Waals surface area (Å²) in [7, 11) is -0.896. The van der Waals surface area contributed by atoms with Crippen LogP contribution in [0.4, 0.5) is 0 Å². The summed E-state index contributed by atoms with van der Waals surface area (Å²) >= 11 is 0. The molecular formula is C10H28N2O3Si. The molecule has 0 aliphatic heterocycles. The Bertz CT molecular complexity index is 122. The number of rotatable bonds is 9. The third kappa shape index (κ3) is 8.20. The van der Waals surface area contributed by atoms with Gasteiger partial charge in [-0.1, -0.05) is 0 Å². The lowest BCUT2D eigenvalue weighted by Crippen LogP contribution is -2.46. The topological polar surface area (TPSA) is 79.7 Å². The Morgan fingerprint density at radius 1 is 0.875 bits per heavy atom. The molecule has 0 aliphatic carbocycles. The van der Waals surface area contributed by atoms with Crippen LogP contribution in [0.3, 0.4) is 0 Å². The predicted molar refractivity (Wildman–Crippen MR) is 69.2 cm³/mol. The minimum absolute atomic E-state index is 0.636. The summed E-state index contributed by atoms with van der Waals surface area (Å²) < 4.78 is 17.0. The van der Waals surface area contributed by atoms with Crippen molar-refractivity contribution in [2.45, 2.75) is 33.2 Å². The molecule has 5 nitrogen and oxygen atoms in total. The van der Waals surface area contributed by atoms with Crippen molar-refractivity contribution in [3.63, 3.8) is 0 Å². The molecule has 0 radical (unpaired) electrons. The van der Waals surface area contributed by atoms with E-state index < -0.39 is 8.80 Å². The summed E-state index contributed by atoms with van der Waals surface area (Å²) in [5.74, 6) is 0. The largest absolute Gasteiger partial charge is 0.500 e. The third-order valence-corrected chi connectivity index (χ3v) is 4.93. The van der Waals surface area contributed by atoms with E-state index in [9.17, 15) is 0 Å². The molecule has 0 fully saturated rings. The Morgan fingerprint density at radius 3 is 1.50 bits per heavy atom. The highest BCUT2D eigenvalue weighted by Crippen LogP contribution is 2.17. The molecular weight excluding hydrogens is 224 g/mol. The van der Waals surface area contributed by atoms with Gasteiger partial charge in [-0.15, -0.1) is 0 Å². The lowest BCUT2D eigenvalue weighted by molar-refractivity contribution is 0.0710. The molecule has 4 N–H and O–H groups in total. The van der Waals surface area contributed by atoms with Crippen LogP contribution in [0.1, 0.15) is 27.2 Å². The minimum atomic E-state index is -2.40. The van der Waals surface area contributed by atoms with Gasteiger partial charge in [0.25, 0.3) is 0 Å². The first kappa shape index (κ1) is 18.4. The molecule has 100 valence electrons. The van der Waals surface area contributed by atoms with Gasteiger partial charge in [-0.05, 0) is 40.8 Å². The molecule has 0 aromatic carbocycles. The lowest BCUT2D eigenvalue weighted by Gasteiger charge is -2.28. The summed E-state index contributed by atoms with van der Waals surface area (Å²) in [5, 5.41) is 0. The van der Waals surface area contributed by atoms with E-state index >= 15 is 0 Å². The monoisotopic (exact) mass is 252 g/mol. The van der Waals surface area contributed by atoms with E-state index in [0.29, 0.717) is 26.4 Å². The van der Waals surface area contributed by atoms with Crippen LogP contribution in [0.5, 0.6) is 0 Å². The first-order chi connectivity index (χ1) is 7.74. The van der Waals surface area contributed by atoms with E-state index in [1.165, 1.54) is 7.05 Å². The lowest BCUT2D eigenvalue weighted by atomic mass is 10.5. The van der Waals surface area contributed by atoms with Crippen LogP contribution in [0.25, 0.3) is 0 Å². The van der Waals surface area contributed by atoms with Crippen LogP contribution in [0.15, 0.2) is 0 Å². The van der Waals surface area contributed by atoms with E-state index in [1.807, 2.05) is 20.8 Å². The smallest absolute Gasteiger partial charge is 0.374 e. The van der Waals surface area contributed by atoms with Gasteiger partial charge in [0.1, 0.15) is 0 Å². The van der Waals surface area contributed by atoms with Gasteiger partial charge in [0.05, 0.1) is 0 Å². The van der Waals surface area contributed by atoms with Crippen molar-refractivity contribution < 1.29 is 13.3 Å². The summed E-state index contributed by atoms with van der Waals surface area (Å²) in [5.41, 5.74) is 9.98. The van der Waals surface area contributed by atoms with Crippen LogP contribution < -0.4 is 11.5 Å². The normalized spacial score (nSPS) is 10.9. The first-order valence-electron chi connectivity index (χ1n) is 5.94. The number of hydrogen-bond acceptors (Lipinski definition) is 5. The van der Waals surface area contributed by atoms with Crippen LogP contribution in [-0.2, 0) is 13.3 Å². The van der Waals surface area contributed by atoms with E-state index in [0.717, 1.165) is 12.5 Å². The fraction of sp³-hybridized carbons (Fsp3) is 1.00. The molecule has 0 rings (SSSR count). The molecule has 0 saturated carbocycles. The van der Waals surface area contributed by atoms with E-state index in [-0.39, 0.29) is 0 Å². The molecule has 0 spiro atoms. The molecule has 0 saturated heterocycles. The summed E-state index contributed by atoms with van der Waals surface area (Å²) in [6.07, 6.45) is 0.895. The second-order valence-corrected chi connectivity index (χ2v) is 5.61. The maximum atomic E-state index is 5.65. The standard InChI is InChI=1S/C9H23NO3Si.CH5N/c1-4-11-14(12-5-2,13-6-3)9-7-8-10;1-2/h4-10H2,1-3H3;2H2,1H3. The minimum Gasteiger partial charge on any atom is -0.374 e. The van der Waals surface area contributed by atoms with Crippen molar-refractivity contribution in [2.75, 3.05) is 33.4 Å². The molecule has 0 unspecified atom stereocenters. The zero-order valence-corrected chi connectivity index (χ0v) is 12.1. The number of hydrogen-bond donors (Lipinski definition) is 2. The molecule has 0 aromatic rings. The Labute approximate surface area is 101 Å². The van der Waals surface area contributed by atoms with Gasteiger partial charge in [-0.3, -0.25) is 0 Å². The van der Waals surface area contributed by atoms with E-state index in [1.54, 1.807) is 0 Å². The van der Waals surface area contributed by atoms with Crippen molar-refractivity contribution in [1.29, 1.82) is 0 Å². The van der Waals surface area contributed by atoms with Crippen molar-refractivity contribution in [3.05, 3.63) is 0 Å². The quantitative estimate of drug-likeness (QED) is 0.597. The fourth-order valence-corrected chi connectivity index (χ4v) is 3.96. The molecule has 0 atom stereocenters. The van der Waals surface area contributed by atoms with Gasteiger partial charge in [0.15, 0.2) is 0 Å². The van der Waals surface area contributed by atoms with Crippen molar-refractivity contribution in [2.24, 2.45) is 11.5 Å². The van der Waals surface area contributed by atoms with Gasteiger partial charge in [0.2, 0.25) is 0 Å². The highest BCUT2D eigenvalue weighted by Gasteiger charge is 2.39. The summed E-state index contributed by atoms with van der Waals surface area (Å²) in [6, 6.07) is 0.818. The highest BCUT2D eigenvalue weighted by molar-refractivity contribution is 6.60. The molecule has 6 heteroatoms. The molecule has 0 heterocycles. The Hall–Kier alpha value is 0.0169. The highest BCUT2D eigenvalue weighted by atomic mass is 28.4. The van der Waals surface area contributed by atoms with Crippen LogP contribution in [-0.4, -0.2) is 42.2 Å². The van der Waals surface area contributed by atoms with Gasteiger partial charge in [0, 0.05) is 25.9 Å². The van der Waals surface area contributed by atoms with Crippen molar-refractivity contribution in [1.82, 2.24) is 0 Å². The Balaban J connectivity index is 0. The predicted octanol–water partition coefficient (Wildman–Crippen LogP) is 0.959. The van der Waals surface area contributed by atoms with Crippen molar-refractivity contribution in [3.8, 4) is 0 Å². The van der Waals surface area contributed by atoms with Gasteiger partial charge >= 0.3 is 8.80 Å². The fourth-order valence-electron chi connectivity index (χ4n) is 1.32. The second-order valence-electron chi connectivity index (χ2n) is 2.87. The maximum absolute atomic E-state index is 5.65. The second kappa shape index (κ2) is 13.1. The zero-order chi connectivity index (χ0) is 12.9. The molecule has 0 bridgehead atoms. The van der Waals surface area contributed by atoms with E-state index in [2.05, 4.69) is 5.73 Å². The van der Waals surface area contributed by atoms with Crippen molar-refractivity contribution >= 4 is 8.80 Å². The van der Waals surface area contributed by atoms with Crippen LogP contribution in [0, 0.1) is 0 Å². The van der Waals surface area contributed by atoms with Gasteiger partial charge in [-0.25, -0.2) is 0 Å². The van der Waals surface area contributed by atoms with Crippen LogP contribution in [0.2, 0.25) is 6.04 Å². The van der Waals surface area contributed by atoms with Gasteiger partial charge in [-0.2, -0.15) is 0 Å². The maximum Gasteiger partial charge on any atom is 0.500 e. The Morgan fingerprint density at radius 2 is 1.25 bits per heavy atom. The molecule has 0 aliphatic rings. The first-order valence-corrected chi connectivity index (χ1v) is 7.87. The number of nitrogens with two attached hydrogens (primary N) is 2. The third-order valence-electron chi connectivity index (χ3n) is 1.78.